The van der Waals surface area contributed by atoms with E-state index in [1.165, 1.54) is 37.5 Å². The Labute approximate surface area is 239 Å². The van der Waals surface area contributed by atoms with Gasteiger partial charge < -0.3 is 31.5 Å². The lowest BCUT2D eigenvalue weighted by molar-refractivity contribution is -0.135. The number of unbranched alkanes of at least 4 members (excludes halogenated alkanes) is 3. The normalized spacial score (nSPS) is 23.3. The van der Waals surface area contributed by atoms with Gasteiger partial charge in [0, 0.05) is 31.2 Å². The highest BCUT2D eigenvalue weighted by Crippen LogP contribution is 2.11. The fourth-order valence-corrected chi connectivity index (χ4v) is 4.11. The molecular formula is C30H50N4O6. The molecule has 0 unspecified atom stereocenters. The van der Waals surface area contributed by atoms with Crippen LogP contribution < -0.4 is 21.3 Å². The minimum absolute atomic E-state index is 0.107. The Morgan fingerprint density at radius 3 is 2.52 bits per heavy atom. The van der Waals surface area contributed by atoms with Gasteiger partial charge in [0.2, 0.25) is 23.6 Å². The highest BCUT2D eigenvalue weighted by Gasteiger charge is 2.34. The van der Waals surface area contributed by atoms with Crippen LogP contribution in [0.25, 0.3) is 0 Å². The molecule has 0 bridgehead atoms. The van der Waals surface area contributed by atoms with Gasteiger partial charge in [-0.1, -0.05) is 71.3 Å². The SMILES string of the molecule is CC(C)CCCCC/C=C/C=C/C(=O)N[C@H](C(=O)N[C@H]1C[C@@H](O)CCNC(=O)/C=C/[C@H](C)NC1=O)[C@H](O)C(C)C. The monoisotopic (exact) mass is 562 g/mol. The molecule has 6 N–H and O–H groups in total. The fourth-order valence-electron chi connectivity index (χ4n) is 4.11. The molecule has 1 aliphatic rings. The Balaban J connectivity index is 2.83. The number of hydrogen-bond acceptors (Lipinski definition) is 6. The summed E-state index contributed by atoms with van der Waals surface area (Å²) >= 11 is 0. The minimum atomic E-state index is -1.31. The zero-order valence-electron chi connectivity index (χ0n) is 24.7. The number of allylic oxidation sites excluding steroid dienone is 3. The van der Waals surface area contributed by atoms with Crippen molar-refractivity contribution in [3.05, 3.63) is 36.5 Å². The maximum absolute atomic E-state index is 13.2. The van der Waals surface area contributed by atoms with Crippen LogP contribution in [0.5, 0.6) is 0 Å². The summed E-state index contributed by atoms with van der Waals surface area (Å²) in [5, 5.41) is 31.6. The number of hydrogen-bond donors (Lipinski definition) is 6. The topological polar surface area (TPSA) is 157 Å². The molecule has 10 nitrogen and oxygen atoms in total. The van der Waals surface area contributed by atoms with E-state index < -0.39 is 48.1 Å². The summed E-state index contributed by atoms with van der Waals surface area (Å²) in [6, 6.07) is -2.94. The van der Waals surface area contributed by atoms with Gasteiger partial charge >= 0.3 is 0 Å². The molecule has 40 heavy (non-hydrogen) atoms. The van der Waals surface area contributed by atoms with Crippen molar-refractivity contribution in [3.8, 4) is 0 Å². The molecule has 0 saturated carbocycles. The highest BCUT2D eigenvalue weighted by atomic mass is 16.3. The number of amides is 4. The first-order valence-electron chi connectivity index (χ1n) is 14.5. The van der Waals surface area contributed by atoms with Gasteiger partial charge in [0.15, 0.2) is 0 Å². The van der Waals surface area contributed by atoms with Crippen LogP contribution in [0.2, 0.25) is 0 Å². The number of nitrogens with one attached hydrogen (secondary N) is 4. The van der Waals surface area contributed by atoms with Gasteiger partial charge in [0.25, 0.3) is 0 Å². The summed E-state index contributed by atoms with van der Waals surface area (Å²) in [7, 11) is 0. The fraction of sp³-hybridized carbons (Fsp3) is 0.667. The molecule has 1 aliphatic heterocycles. The quantitative estimate of drug-likeness (QED) is 0.115. The van der Waals surface area contributed by atoms with Gasteiger partial charge in [-0.2, -0.15) is 0 Å². The van der Waals surface area contributed by atoms with Gasteiger partial charge in [0.05, 0.1) is 12.2 Å². The van der Waals surface area contributed by atoms with Crippen LogP contribution in [0.1, 0.15) is 79.6 Å². The van der Waals surface area contributed by atoms with Crippen LogP contribution in [0.3, 0.4) is 0 Å². The number of aliphatic hydroxyl groups excluding tert-OH is 2. The van der Waals surface area contributed by atoms with Crippen LogP contribution in [0, 0.1) is 11.8 Å². The first kappa shape index (κ1) is 35.0. The van der Waals surface area contributed by atoms with E-state index in [2.05, 4.69) is 35.1 Å². The summed E-state index contributed by atoms with van der Waals surface area (Å²) in [6.45, 7) is 9.73. The maximum Gasteiger partial charge on any atom is 0.245 e. The summed E-state index contributed by atoms with van der Waals surface area (Å²) in [6.07, 6.45) is 12.9. The second kappa shape index (κ2) is 19.2. The van der Waals surface area contributed by atoms with E-state index in [0.717, 1.165) is 12.8 Å². The second-order valence-corrected chi connectivity index (χ2v) is 11.2. The van der Waals surface area contributed by atoms with Gasteiger partial charge in [-0.25, -0.2) is 0 Å². The van der Waals surface area contributed by atoms with Crippen molar-refractivity contribution in [3.63, 3.8) is 0 Å². The lowest BCUT2D eigenvalue weighted by Crippen LogP contribution is -2.59. The lowest BCUT2D eigenvalue weighted by Gasteiger charge is -2.29. The Kier molecular flexibility index (Phi) is 16.8. The summed E-state index contributed by atoms with van der Waals surface area (Å²) in [5.74, 6) is -1.83. The largest absolute Gasteiger partial charge is 0.393 e. The molecule has 0 radical (unpaired) electrons. The number of rotatable bonds is 13. The molecule has 1 heterocycles. The molecule has 0 spiro atoms. The highest BCUT2D eigenvalue weighted by molar-refractivity contribution is 5.95. The molecule has 0 aliphatic carbocycles. The third kappa shape index (κ3) is 15.0. The zero-order valence-corrected chi connectivity index (χ0v) is 24.7. The third-order valence-corrected chi connectivity index (χ3v) is 6.58. The average molecular weight is 563 g/mol. The minimum Gasteiger partial charge on any atom is -0.393 e. The molecule has 10 heteroatoms. The number of aliphatic hydroxyl groups is 2. The van der Waals surface area contributed by atoms with Crippen LogP contribution in [0.4, 0.5) is 0 Å². The van der Waals surface area contributed by atoms with Crippen molar-refractivity contribution in [1.29, 1.82) is 0 Å². The molecule has 0 saturated heterocycles. The van der Waals surface area contributed by atoms with Gasteiger partial charge in [-0.05, 0) is 38.0 Å². The lowest BCUT2D eigenvalue weighted by atomic mass is 9.97. The van der Waals surface area contributed by atoms with E-state index in [1.807, 2.05) is 6.08 Å². The van der Waals surface area contributed by atoms with Crippen molar-refractivity contribution in [1.82, 2.24) is 21.3 Å². The van der Waals surface area contributed by atoms with Crippen molar-refractivity contribution in [2.45, 2.75) is 110 Å². The maximum atomic E-state index is 13.2. The van der Waals surface area contributed by atoms with Crippen LogP contribution in [-0.2, 0) is 19.2 Å². The molecule has 0 aromatic rings. The van der Waals surface area contributed by atoms with Crippen LogP contribution in [0.15, 0.2) is 36.5 Å². The van der Waals surface area contributed by atoms with Gasteiger partial charge in [0.1, 0.15) is 12.1 Å². The first-order valence-corrected chi connectivity index (χ1v) is 14.5. The van der Waals surface area contributed by atoms with Gasteiger partial charge in [-0.15, -0.1) is 0 Å². The summed E-state index contributed by atoms with van der Waals surface area (Å²) in [5.41, 5.74) is 0. The van der Waals surface area contributed by atoms with Crippen molar-refractivity contribution < 1.29 is 29.4 Å². The van der Waals surface area contributed by atoms with E-state index in [4.69, 9.17) is 0 Å². The van der Waals surface area contributed by atoms with Crippen LogP contribution >= 0.6 is 0 Å². The summed E-state index contributed by atoms with van der Waals surface area (Å²) < 4.78 is 0. The molecule has 0 fully saturated rings. The molecule has 0 aromatic heterocycles. The Bertz CT molecular complexity index is 899. The van der Waals surface area contributed by atoms with Crippen LogP contribution in [-0.4, -0.2) is 70.7 Å². The molecule has 1 rings (SSSR count). The van der Waals surface area contributed by atoms with E-state index in [-0.39, 0.29) is 31.2 Å². The van der Waals surface area contributed by atoms with E-state index in [0.29, 0.717) is 5.92 Å². The Hall–Kier alpha value is -2.98. The molecule has 226 valence electrons. The Morgan fingerprint density at radius 2 is 1.85 bits per heavy atom. The van der Waals surface area contributed by atoms with E-state index in [9.17, 15) is 29.4 Å². The Morgan fingerprint density at radius 1 is 1.12 bits per heavy atom. The molecule has 5 atom stereocenters. The van der Waals surface area contributed by atoms with Crippen molar-refractivity contribution in [2.75, 3.05) is 6.54 Å². The average Bonchev–Trinajstić information content (AvgIpc) is 2.87. The number of carbonyl (C=O) groups excluding carboxylic acids is 4. The standard InChI is InChI=1S/C30H50N4O6/c1-20(2)13-11-9-7-6-8-10-12-14-26(37)34-27(28(38)21(3)4)30(40)33-24-19-23(35)17-18-31-25(36)16-15-22(5)32-29(24)39/h8,10,12,14-16,20-24,27-28,35,38H,6-7,9,11,13,17-19H2,1-5H3,(H,31,36)(H,32,39)(H,33,40)(H,34,37)/b10-8+,14-12+,16-15+/t22-,23-,24-,27-,28+/m0/s1. The first-order chi connectivity index (χ1) is 18.9. The van der Waals surface area contributed by atoms with E-state index >= 15 is 0 Å². The number of carbonyl (C=O) groups is 4. The second-order valence-electron chi connectivity index (χ2n) is 11.2. The smallest absolute Gasteiger partial charge is 0.245 e. The summed E-state index contributed by atoms with van der Waals surface area (Å²) in [4.78, 5) is 50.5. The van der Waals surface area contributed by atoms with Gasteiger partial charge in [-0.3, -0.25) is 19.2 Å². The third-order valence-electron chi connectivity index (χ3n) is 6.58. The molecule has 4 amide bonds. The predicted octanol–water partition coefficient (Wildman–Crippen LogP) is 2.02. The zero-order chi connectivity index (χ0) is 30.1. The van der Waals surface area contributed by atoms with E-state index in [1.54, 1.807) is 32.9 Å². The van der Waals surface area contributed by atoms with Crippen molar-refractivity contribution in [2.24, 2.45) is 11.8 Å². The molecular weight excluding hydrogens is 512 g/mol. The molecule has 0 aromatic carbocycles. The predicted molar refractivity (Wildman–Crippen MR) is 156 cm³/mol. The van der Waals surface area contributed by atoms with Crippen molar-refractivity contribution >= 4 is 23.6 Å².